The molecule has 0 amide bonds. The van der Waals surface area contributed by atoms with E-state index < -0.39 is 0 Å². The fourth-order valence-corrected chi connectivity index (χ4v) is 3.87. The van der Waals surface area contributed by atoms with Crippen LogP contribution in [-0.4, -0.2) is 27.7 Å². The number of hydrogen-bond donors (Lipinski definition) is 1. The molecule has 1 aliphatic rings. The van der Waals surface area contributed by atoms with Crippen molar-refractivity contribution in [3.8, 4) is 11.3 Å². The van der Waals surface area contributed by atoms with E-state index in [9.17, 15) is 4.79 Å². The van der Waals surface area contributed by atoms with E-state index in [-0.39, 0.29) is 5.56 Å². The first kappa shape index (κ1) is 18.6. The molecule has 1 aliphatic heterocycles. The molecule has 3 aromatic rings. The average molecular weight is 422 g/mol. The van der Waals surface area contributed by atoms with Gasteiger partial charge in [0.15, 0.2) is 5.16 Å². The Hall–Kier alpha value is -1.73. The van der Waals surface area contributed by atoms with Gasteiger partial charge in [-0.1, -0.05) is 35.0 Å². The molecular formula is C19H17Cl2N3O2S. The lowest BCUT2D eigenvalue weighted by Gasteiger charge is -2.26. The molecule has 0 radical (unpaired) electrons. The molecule has 0 unspecified atom stereocenters. The van der Waals surface area contributed by atoms with Crippen molar-refractivity contribution in [2.24, 2.45) is 0 Å². The van der Waals surface area contributed by atoms with Crippen LogP contribution in [0.25, 0.3) is 11.3 Å². The van der Waals surface area contributed by atoms with Crippen LogP contribution in [0.15, 0.2) is 44.7 Å². The first-order valence-electron chi connectivity index (χ1n) is 8.46. The topological polar surface area (TPSA) is 62.1 Å². The Balaban J connectivity index is 1.50. The second kappa shape index (κ2) is 7.72. The molecule has 1 aromatic carbocycles. The molecule has 0 saturated heterocycles. The van der Waals surface area contributed by atoms with Crippen LogP contribution >= 0.6 is 35.0 Å². The van der Waals surface area contributed by atoms with E-state index in [2.05, 4.69) is 14.9 Å². The summed E-state index contributed by atoms with van der Waals surface area (Å²) in [6.45, 7) is 2.03. The number of thioether (sulfide) groups is 1. The summed E-state index contributed by atoms with van der Waals surface area (Å²) in [5.74, 6) is 1.58. The molecule has 0 spiro atoms. The van der Waals surface area contributed by atoms with Crippen LogP contribution in [0.3, 0.4) is 0 Å². The van der Waals surface area contributed by atoms with E-state index in [1.54, 1.807) is 12.1 Å². The first-order chi connectivity index (χ1) is 13.0. The molecule has 3 heterocycles. The van der Waals surface area contributed by atoms with E-state index in [1.165, 1.54) is 11.8 Å². The number of nitrogens with zero attached hydrogens (tertiary/aromatic N) is 2. The Morgan fingerprint density at radius 3 is 2.89 bits per heavy atom. The Bertz CT molecular complexity index is 1050. The molecule has 4 rings (SSSR count). The molecule has 0 aliphatic carbocycles. The third kappa shape index (κ3) is 3.94. The van der Waals surface area contributed by atoms with Crippen molar-refractivity contribution in [1.29, 1.82) is 0 Å². The predicted molar refractivity (Wildman–Crippen MR) is 109 cm³/mol. The molecule has 27 heavy (non-hydrogen) atoms. The van der Waals surface area contributed by atoms with Crippen molar-refractivity contribution in [3.63, 3.8) is 0 Å². The predicted octanol–water partition coefficient (Wildman–Crippen LogP) is 4.62. The Morgan fingerprint density at radius 2 is 2.11 bits per heavy atom. The van der Waals surface area contributed by atoms with E-state index >= 15 is 0 Å². The van der Waals surface area contributed by atoms with E-state index in [4.69, 9.17) is 27.6 Å². The number of aromatic nitrogens is 2. The van der Waals surface area contributed by atoms with Gasteiger partial charge in [-0.25, -0.2) is 4.98 Å². The monoisotopic (exact) mass is 421 g/mol. The van der Waals surface area contributed by atoms with Crippen molar-refractivity contribution in [1.82, 2.24) is 14.9 Å². The first-order valence-corrected chi connectivity index (χ1v) is 10.4. The van der Waals surface area contributed by atoms with Crippen molar-refractivity contribution in [2.75, 3.05) is 12.8 Å². The number of furan rings is 1. The molecule has 5 nitrogen and oxygen atoms in total. The second-order valence-corrected chi connectivity index (χ2v) is 7.97. The van der Waals surface area contributed by atoms with E-state index in [0.717, 1.165) is 41.3 Å². The zero-order valence-corrected chi connectivity index (χ0v) is 16.9. The molecule has 2 aromatic heterocycles. The quantitative estimate of drug-likeness (QED) is 0.491. The zero-order chi connectivity index (χ0) is 19.0. The summed E-state index contributed by atoms with van der Waals surface area (Å²) in [6, 6.07) is 9.30. The smallest absolute Gasteiger partial charge is 0.256 e. The summed E-state index contributed by atoms with van der Waals surface area (Å²) in [5, 5.41) is 1.68. The maximum atomic E-state index is 12.3. The van der Waals surface area contributed by atoms with Gasteiger partial charge in [0, 0.05) is 25.1 Å². The summed E-state index contributed by atoms with van der Waals surface area (Å²) in [5.41, 5.74) is 2.47. The van der Waals surface area contributed by atoms with Gasteiger partial charge in [-0.05, 0) is 36.6 Å². The minimum absolute atomic E-state index is 0.0509. The fraction of sp³-hybridized carbons (Fsp3) is 0.263. The van der Waals surface area contributed by atoms with Crippen LogP contribution in [0.2, 0.25) is 10.0 Å². The summed E-state index contributed by atoms with van der Waals surface area (Å²) < 4.78 is 5.97. The summed E-state index contributed by atoms with van der Waals surface area (Å²) in [4.78, 5) is 21.9. The summed E-state index contributed by atoms with van der Waals surface area (Å²) >= 11 is 13.5. The lowest BCUT2D eigenvalue weighted by Crippen LogP contribution is -2.35. The lowest BCUT2D eigenvalue weighted by atomic mass is 10.1. The lowest BCUT2D eigenvalue weighted by molar-refractivity contribution is 0.222. The van der Waals surface area contributed by atoms with Crippen LogP contribution in [0.5, 0.6) is 0 Å². The minimum Gasteiger partial charge on any atom is -0.460 e. The molecule has 0 saturated carbocycles. The minimum atomic E-state index is -0.0509. The Kier molecular flexibility index (Phi) is 5.32. The summed E-state index contributed by atoms with van der Waals surface area (Å²) in [7, 11) is 0. The van der Waals surface area contributed by atoms with Gasteiger partial charge in [-0.2, -0.15) is 0 Å². The number of aromatic amines is 1. The highest BCUT2D eigenvalue weighted by atomic mass is 35.5. The van der Waals surface area contributed by atoms with Crippen LogP contribution in [0, 0.1) is 0 Å². The number of benzene rings is 1. The van der Waals surface area contributed by atoms with Crippen LogP contribution in [0.4, 0.5) is 0 Å². The molecule has 0 fully saturated rings. The van der Waals surface area contributed by atoms with Crippen molar-refractivity contribution >= 4 is 35.0 Å². The highest BCUT2D eigenvalue weighted by Gasteiger charge is 2.22. The fourth-order valence-electron chi connectivity index (χ4n) is 3.18. The van der Waals surface area contributed by atoms with E-state index in [1.807, 2.05) is 24.5 Å². The van der Waals surface area contributed by atoms with Gasteiger partial charge < -0.3 is 9.40 Å². The van der Waals surface area contributed by atoms with Gasteiger partial charge in [0.1, 0.15) is 11.5 Å². The van der Waals surface area contributed by atoms with Gasteiger partial charge in [0.2, 0.25) is 0 Å². The van der Waals surface area contributed by atoms with Gasteiger partial charge >= 0.3 is 0 Å². The summed E-state index contributed by atoms with van der Waals surface area (Å²) in [6.07, 6.45) is 2.66. The molecule has 1 N–H and O–H groups in total. The second-order valence-electron chi connectivity index (χ2n) is 6.36. The van der Waals surface area contributed by atoms with Gasteiger partial charge in [-0.15, -0.1) is 0 Å². The van der Waals surface area contributed by atoms with Crippen molar-refractivity contribution in [2.45, 2.75) is 24.7 Å². The molecule has 8 heteroatoms. The molecular weight excluding hydrogens is 405 g/mol. The highest BCUT2D eigenvalue weighted by molar-refractivity contribution is 7.98. The van der Waals surface area contributed by atoms with Crippen molar-refractivity contribution < 1.29 is 4.42 Å². The largest absolute Gasteiger partial charge is 0.460 e. The molecule has 140 valence electrons. The number of nitrogens with one attached hydrogen (secondary N) is 1. The number of rotatable bonds is 4. The van der Waals surface area contributed by atoms with Crippen LogP contribution in [0.1, 0.15) is 17.0 Å². The number of H-pyrrole nitrogens is 1. The van der Waals surface area contributed by atoms with Gasteiger partial charge in [-0.3, -0.25) is 9.69 Å². The number of halogens is 2. The van der Waals surface area contributed by atoms with Gasteiger partial charge in [0.25, 0.3) is 5.56 Å². The van der Waals surface area contributed by atoms with E-state index in [0.29, 0.717) is 28.3 Å². The zero-order valence-electron chi connectivity index (χ0n) is 14.6. The average Bonchev–Trinajstić information content (AvgIpc) is 3.12. The van der Waals surface area contributed by atoms with Crippen LogP contribution in [-0.2, 0) is 19.5 Å². The molecule has 0 bridgehead atoms. The number of fused-ring (bicyclic) bond motifs is 1. The SMILES string of the molecule is CSc1nc2c(c(=O)[nH]1)CN(Cc1ccc(-c3ccc(Cl)c(Cl)c3)o1)CC2. The van der Waals surface area contributed by atoms with Crippen LogP contribution < -0.4 is 5.56 Å². The highest BCUT2D eigenvalue weighted by Crippen LogP contribution is 2.30. The maximum Gasteiger partial charge on any atom is 0.256 e. The Labute approximate surface area is 170 Å². The molecule has 0 atom stereocenters. The third-order valence-electron chi connectivity index (χ3n) is 4.56. The number of hydrogen-bond acceptors (Lipinski definition) is 5. The van der Waals surface area contributed by atoms with Gasteiger partial charge in [0.05, 0.1) is 27.8 Å². The standard InChI is InChI=1S/C19H17Cl2N3O2S/c1-27-19-22-16-6-7-24(10-13(16)18(25)23-19)9-12-3-5-17(26-12)11-2-4-14(20)15(21)8-11/h2-5,8H,6-7,9-10H2,1H3,(H,22,23,25). The maximum absolute atomic E-state index is 12.3. The Morgan fingerprint density at radius 1 is 1.26 bits per heavy atom. The normalized spacial score (nSPS) is 14.3. The third-order valence-corrected chi connectivity index (χ3v) is 5.88. The van der Waals surface area contributed by atoms with Crippen molar-refractivity contribution in [3.05, 3.63) is 67.7 Å².